The number of aryl methyl sites for hydroxylation is 1. The Morgan fingerprint density at radius 2 is 2.29 bits per heavy atom. The van der Waals surface area contributed by atoms with E-state index < -0.39 is 0 Å². The van der Waals surface area contributed by atoms with Gasteiger partial charge in [-0.1, -0.05) is 0 Å². The third kappa shape index (κ3) is 1.60. The van der Waals surface area contributed by atoms with Crippen LogP contribution in [-0.4, -0.2) is 19.5 Å². The van der Waals surface area contributed by atoms with Gasteiger partial charge in [-0.2, -0.15) is 0 Å². The standard InChI is InChI=1S/C12H11N3O2/c1-8-2-3-10(17-8)11-12-14-9(7-16)6-15(12)5-4-13-11/h2-6,16H,7H2,1H3. The van der Waals surface area contributed by atoms with Gasteiger partial charge in [0.25, 0.3) is 0 Å². The van der Waals surface area contributed by atoms with E-state index in [1.54, 1.807) is 18.6 Å². The molecule has 0 atom stereocenters. The predicted octanol–water partition coefficient (Wildman–Crippen LogP) is 1.79. The summed E-state index contributed by atoms with van der Waals surface area (Å²) < 4.78 is 7.37. The number of hydrogen-bond acceptors (Lipinski definition) is 4. The topological polar surface area (TPSA) is 63.6 Å². The molecule has 0 aliphatic carbocycles. The van der Waals surface area contributed by atoms with E-state index in [1.807, 2.05) is 23.5 Å². The summed E-state index contributed by atoms with van der Waals surface area (Å²) in [6, 6.07) is 3.75. The first-order valence-electron chi connectivity index (χ1n) is 5.28. The van der Waals surface area contributed by atoms with Crippen molar-refractivity contribution in [2.75, 3.05) is 0 Å². The third-order valence-electron chi connectivity index (χ3n) is 2.56. The number of aliphatic hydroxyl groups is 1. The lowest BCUT2D eigenvalue weighted by atomic mass is 10.3. The minimum atomic E-state index is -0.0850. The number of fused-ring (bicyclic) bond motifs is 1. The smallest absolute Gasteiger partial charge is 0.167 e. The van der Waals surface area contributed by atoms with E-state index in [2.05, 4.69) is 9.97 Å². The zero-order valence-electron chi connectivity index (χ0n) is 9.29. The summed E-state index contributed by atoms with van der Waals surface area (Å²) in [5.74, 6) is 1.51. The maximum atomic E-state index is 9.08. The van der Waals surface area contributed by atoms with Gasteiger partial charge in [-0.15, -0.1) is 0 Å². The van der Waals surface area contributed by atoms with Crippen molar-refractivity contribution in [1.82, 2.24) is 14.4 Å². The molecule has 0 aliphatic heterocycles. The van der Waals surface area contributed by atoms with Crippen molar-refractivity contribution in [2.45, 2.75) is 13.5 Å². The maximum absolute atomic E-state index is 9.08. The molecule has 0 amide bonds. The van der Waals surface area contributed by atoms with E-state index >= 15 is 0 Å². The van der Waals surface area contributed by atoms with Gasteiger partial charge in [0.15, 0.2) is 11.4 Å². The molecule has 3 aromatic rings. The highest BCUT2D eigenvalue weighted by Gasteiger charge is 2.11. The molecule has 5 heteroatoms. The average Bonchev–Trinajstić information content (AvgIpc) is 2.93. The van der Waals surface area contributed by atoms with Crippen molar-refractivity contribution < 1.29 is 9.52 Å². The van der Waals surface area contributed by atoms with Crippen LogP contribution in [0.15, 0.2) is 35.1 Å². The molecule has 0 radical (unpaired) electrons. The summed E-state index contributed by atoms with van der Waals surface area (Å²) in [5.41, 5.74) is 1.98. The molecule has 86 valence electrons. The van der Waals surface area contributed by atoms with Crippen LogP contribution in [0.5, 0.6) is 0 Å². The highest BCUT2D eigenvalue weighted by Crippen LogP contribution is 2.23. The normalized spacial score (nSPS) is 11.2. The van der Waals surface area contributed by atoms with Gasteiger partial charge in [0.1, 0.15) is 11.5 Å². The Morgan fingerprint density at radius 1 is 1.41 bits per heavy atom. The molecule has 0 bridgehead atoms. The lowest BCUT2D eigenvalue weighted by Gasteiger charge is -1.98. The molecule has 17 heavy (non-hydrogen) atoms. The van der Waals surface area contributed by atoms with Crippen LogP contribution in [0.3, 0.4) is 0 Å². The quantitative estimate of drug-likeness (QED) is 0.727. The molecule has 0 fully saturated rings. The van der Waals surface area contributed by atoms with Crippen molar-refractivity contribution in [3.63, 3.8) is 0 Å². The Balaban J connectivity index is 2.25. The first kappa shape index (κ1) is 10.0. The van der Waals surface area contributed by atoms with Crippen LogP contribution in [0.1, 0.15) is 11.5 Å². The fourth-order valence-electron chi connectivity index (χ4n) is 1.78. The van der Waals surface area contributed by atoms with Crippen LogP contribution in [0.25, 0.3) is 17.1 Å². The van der Waals surface area contributed by atoms with Crippen molar-refractivity contribution >= 4 is 5.65 Å². The molecule has 1 N–H and O–H groups in total. The first-order valence-corrected chi connectivity index (χ1v) is 5.28. The van der Waals surface area contributed by atoms with Crippen LogP contribution >= 0.6 is 0 Å². The van der Waals surface area contributed by atoms with E-state index in [4.69, 9.17) is 9.52 Å². The number of aliphatic hydroxyl groups excluding tert-OH is 1. The van der Waals surface area contributed by atoms with Crippen molar-refractivity contribution in [3.8, 4) is 11.5 Å². The van der Waals surface area contributed by atoms with E-state index in [9.17, 15) is 0 Å². The highest BCUT2D eigenvalue weighted by molar-refractivity contribution is 5.70. The molecule has 3 rings (SSSR count). The summed E-state index contributed by atoms with van der Waals surface area (Å²) in [5, 5.41) is 9.08. The summed E-state index contributed by atoms with van der Waals surface area (Å²) in [6.45, 7) is 1.80. The lowest BCUT2D eigenvalue weighted by Crippen LogP contribution is -1.89. The Labute approximate surface area is 97.4 Å². The molecule has 3 heterocycles. The van der Waals surface area contributed by atoms with Crippen LogP contribution in [-0.2, 0) is 6.61 Å². The molecule has 0 unspecified atom stereocenters. The van der Waals surface area contributed by atoms with Crippen LogP contribution < -0.4 is 0 Å². The Hall–Kier alpha value is -2.14. The van der Waals surface area contributed by atoms with Crippen molar-refractivity contribution in [1.29, 1.82) is 0 Å². The molecule has 0 aliphatic rings. The summed E-state index contributed by atoms with van der Waals surface area (Å²) >= 11 is 0. The molecule has 0 aromatic carbocycles. The third-order valence-corrected chi connectivity index (χ3v) is 2.56. The highest BCUT2D eigenvalue weighted by atomic mass is 16.3. The van der Waals surface area contributed by atoms with E-state index in [-0.39, 0.29) is 6.61 Å². The van der Waals surface area contributed by atoms with Crippen molar-refractivity contribution in [3.05, 3.63) is 42.2 Å². The molecule has 5 nitrogen and oxygen atoms in total. The van der Waals surface area contributed by atoms with Gasteiger partial charge >= 0.3 is 0 Å². The van der Waals surface area contributed by atoms with Crippen LogP contribution in [0, 0.1) is 6.92 Å². The monoisotopic (exact) mass is 229 g/mol. The molecular formula is C12H11N3O2. The fraction of sp³-hybridized carbons (Fsp3) is 0.167. The molecular weight excluding hydrogens is 218 g/mol. The van der Waals surface area contributed by atoms with Crippen LogP contribution in [0.2, 0.25) is 0 Å². The number of nitrogens with zero attached hydrogens (tertiary/aromatic N) is 3. The van der Waals surface area contributed by atoms with Gasteiger partial charge in [0.2, 0.25) is 0 Å². The van der Waals surface area contributed by atoms with E-state index in [0.29, 0.717) is 22.8 Å². The van der Waals surface area contributed by atoms with Gasteiger partial charge in [-0.25, -0.2) is 9.97 Å². The Morgan fingerprint density at radius 3 is 3.00 bits per heavy atom. The predicted molar refractivity (Wildman–Crippen MR) is 61.3 cm³/mol. The minimum Gasteiger partial charge on any atom is -0.460 e. The molecule has 0 saturated heterocycles. The average molecular weight is 229 g/mol. The SMILES string of the molecule is Cc1ccc(-c2nccn3cc(CO)nc23)o1. The van der Waals surface area contributed by atoms with E-state index in [0.717, 1.165) is 5.76 Å². The van der Waals surface area contributed by atoms with Gasteiger partial charge in [0.05, 0.1) is 12.3 Å². The number of hydrogen-bond donors (Lipinski definition) is 1. The largest absolute Gasteiger partial charge is 0.460 e. The second-order valence-corrected chi connectivity index (χ2v) is 3.81. The Kier molecular flexibility index (Phi) is 2.19. The molecule has 3 aromatic heterocycles. The Bertz CT molecular complexity index is 669. The molecule has 0 saturated carbocycles. The van der Waals surface area contributed by atoms with E-state index in [1.165, 1.54) is 0 Å². The van der Waals surface area contributed by atoms with Crippen LogP contribution in [0.4, 0.5) is 0 Å². The number of furan rings is 1. The zero-order chi connectivity index (χ0) is 11.8. The number of aromatic nitrogens is 3. The molecule has 0 spiro atoms. The summed E-state index contributed by atoms with van der Waals surface area (Å²) in [7, 11) is 0. The van der Waals surface area contributed by atoms with Gasteiger partial charge in [-0.3, -0.25) is 0 Å². The second kappa shape index (κ2) is 3.71. The van der Waals surface area contributed by atoms with Gasteiger partial charge in [-0.05, 0) is 19.1 Å². The summed E-state index contributed by atoms with van der Waals surface area (Å²) in [4.78, 5) is 8.59. The lowest BCUT2D eigenvalue weighted by molar-refractivity contribution is 0.277. The second-order valence-electron chi connectivity index (χ2n) is 3.81. The van der Waals surface area contributed by atoms with Gasteiger partial charge in [0, 0.05) is 18.6 Å². The van der Waals surface area contributed by atoms with Crippen molar-refractivity contribution in [2.24, 2.45) is 0 Å². The maximum Gasteiger partial charge on any atom is 0.167 e. The number of rotatable bonds is 2. The van der Waals surface area contributed by atoms with Gasteiger partial charge < -0.3 is 13.9 Å². The first-order chi connectivity index (χ1) is 8.28. The zero-order valence-corrected chi connectivity index (χ0v) is 9.29. The fourth-order valence-corrected chi connectivity index (χ4v) is 1.78. The number of imidazole rings is 1. The minimum absolute atomic E-state index is 0.0850. The summed E-state index contributed by atoms with van der Waals surface area (Å²) in [6.07, 6.45) is 5.25.